The molecular weight excluding hydrogens is 220 g/mol. The summed E-state index contributed by atoms with van der Waals surface area (Å²) in [7, 11) is 3.62. The second kappa shape index (κ2) is 5.18. The van der Waals surface area contributed by atoms with Gasteiger partial charge in [0.1, 0.15) is 12.9 Å². The van der Waals surface area contributed by atoms with Crippen molar-refractivity contribution in [2.75, 3.05) is 33.0 Å². The minimum absolute atomic E-state index is 0.351. The van der Waals surface area contributed by atoms with Gasteiger partial charge in [0, 0.05) is 12.6 Å². The van der Waals surface area contributed by atoms with Gasteiger partial charge in [-0.3, -0.25) is 0 Å². The fraction of sp³-hybridized carbons (Fsp3) is 0.636. The van der Waals surface area contributed by atoms with Crippen LogP contribution in [-0.2, 0) is 0 Å². The Morgan fingerprint density at radius 2 is 2.12 bits per heavy atom. The fourth-order valence-electron chi connectivity index (χ4n) is 1.63. The molecule has 94 valence electrons. The Morgan fingerprint density at radius 3 is 2.76 bits per heavy atom. The number of nitrogens with zero attached hydrogens (tertiary/aromatic N) is 3. The lowest BCUT2D eigenvalue weighted by atomic mass is 10.5. The number of aromatic nitrogens is 2. The van der Waals surface area contributed by atoms with E-state index in [4.69, 9.17) is 15.2 Å². The van der Waals surface area contributed by atoms with E-state index < -0.39 is 0 Å². The van der Waals surface area contributed by atoms with Crippen LogP contribution in [-0.4, -0.2) is 48.2 Å². The predicted octanol–water partition coefficient (Wildman–Crippen LogP) is 0.540. The van der Waals surface area contributed by atoms with Crippen molar-refractivity contribution < 1.29 is 9.47 Å². The largest absolute Gasteiger partial charge is 0.479 e. The zero-order valence-corrected chi connectivity index (χ0v) is 10.2. The summed E-state index contributed by atoms with van der Waals surface area (Å²) < 4.78 is 10.5. The molecule has 1 aromatic rings. The fourth-order valence-corrected chi connectivity index (χ4v) is 1.63. The van der Waals surface area contributed by atoms with E-state index in [0.29, 0.717) is 24.1 Å². The van der Waals surface area contributed by atoms with Crippen molar-refractivity contribution in [2.45, 2.75) is 18.9 Å². The lowest BCUT2D eigenvalue weighted by Gasteiger charge is -2.16. The monoisotopic (exact) mass is 238 g/mol. The van der Waals surface area contributed by atoms with E-state index in [9.17, 15) is 0 Å². The molecule has 0 saturated heterocycles. The lowest BCUT2D eigenvalue weighted by molar-refractivity contribution is 0.226. The van der Waals surface area contributed by atoms with Crippen molar-refractivity contribution in [1.29, 1.82) is 0 Å². The maximum atomic E-state index is 5.79. The van der Waals surface area contributed by atoms with E-state index in [0.717, 1.165) is 12.6 Å². The number of ether oxygens (including phenoxy) is 2. The number of nitrogen functional groups attached to an aromatic ring is 1. The van der Waals surface area contributed by atoms with Crippen LogP contribution in [0.1, 0.15) is 12.8 Å². The number of hydrogen-bond acceptors (Lipinski definition) is 6. The van der Waals surface area contributed by atoms with Crippen molar-refractivity contribution in [3.63, 3.8) is 0 Å². The number of methoxy groups -OCH3 is 1. The predicted molar refractivity (Wildman–Crippen MR) is 64.1 cm³/mol. The van der Waals surface area contributed by atoms with Crippen LogP contribution in [0.2, 0.25) is 0 Å². The summed E-state index contributed by atoms with van der Waals surface area (Å²) in [5.41, 5.74) is 6.15. The van der Waals surface area contributed by atoms with Crippen molar-refractivity contribution in [1.82, 2.24) is 14.9 Å². The maximum Gasteiger partial charge on any atom is 0.244 e. The molecule has 1 aliphatic rings. The normalized spacial score (nSPS) is 15.0. The molecule has 0 bridgehead atoms. The zero-order valence-electron chi connectivity index (χ0n) is 10.2. The number of rotatable bonds is 6. The summed E-state index contributed by atoms with van der Waals surface area (Å²) in [6, 6.07) is 0.732. The van der Waals surface area contributed by atoms with E-state index in [1.807, 2.05) is 0 Å². The van der Waals surface area contributed by atoms with Gasteiger partial charge in [-0.15, -0.1) is 0 Å². The lowest BCUT2D eigenvalue weighted by Crippen LogP contribution is -2.26. The van der Waals surface area contributed by atoms with E-state index in [1.54, 1.807) is 0 Å². The van der Waals surface area contributed by atoms with Crippen LogP contribution in [0.3, 0.4) is 0 Å². The van der Waals surface area contributed by atoms with Gasteiger partial charge in [0.2, 0.25) is 11.8 Å². The summed E-state index contributed by atoms with van der Waals surface area (Å²) in [4.78, 5) is 10.2. The summed E-state index contributed by atoms with van der Waals surface area (Å²) in [6.45, 7) is 1.44. The first-order chi connectivity index (χ1) is 8.22. The van der Waals surface area contributed by atoms with Crippen LogP contribution in [0, 0.1) is 0 Å². The van der Waals surface area contributed by atoms with Crippen molar-refractivity contribution in [2.24, 2.45) is 0 Å². The Labute approximate surface area is 101 Å². The molecule has 2 N–H and O–H groups in total. The minimum atomic E-state index is 0.351. The zero-order chi connectivity index (χ0) is 12.3. The van der Waals surface area contributed by atoms with Crippen molar-refractivity contribution >= 4 is 5.69 Å². The summed E-state index contributed by atoms with van der Waals surface area (Å²) in [5.74, 6) is 0.742. The van der Waals surface area contributed by atoms with E-state index in [-0.39, 0.29) is 0 Å². The molecule has 6 heteroatoms. The Balaban J connectivity index is 1.85. The van der Waals surface area contributed by atoms with Gasteiger partial charge in [-0.1, -0.05) is 0 Å². The van der Waals surface area contributed by atoms with Gasteiger partial charge < -0.3 is 20.1 Å². The van der Waals surface area contributed by atoms with Gasteiger partial charge in [-0.25, -0.2) is 0 Å². The topological polar surface area (TPSA) is 73.5 Å². The van der Waals surface area contributed by atoms with Crippen LogP contribution in [0.4, 0.5) is 5.69 Å². The number of hydrogen-bond donors (Lipinski definition) is 1. The van der Waals surface area contributed by atoms with Gasteiger partial charge in [0.15, 0.2) is 5.69 Å². The third-order valence-electron chi connectivity index (χ3n) is 2.86. The molecule has 1 aliphatic carbocycles. The number of anilines is 1. The molecule has 2 rings (SSSR count). The molecule has 1 aromatic heterocycles. The van der Waals surface area contributed by atoms with Gasteiger partial charge in [-0.05, 0) is 19.9 Å². The molecule has 0 unspecified atom stereocenters. The second-order valence-corrected chi connectivity index (χ2v) is 4.16. The standard InChI is InChI=1S/C11H18N4O2/c1-15(8-3-4-8)5-6-17-11-9(12)10(16-2)13-7-14-11/h7-8H,3-6,12H2,1-2H3. The van der Waals surface area contributed by atoms with E-state index in [2.05, 4.69) is 21.9 Å². The SMILES string of the molecule is COc1ncnc(OCCN(C)C2CC2)c1N. The highest BCUT2D eigenvalue weighted by atomic mass is 16.5. The number of nitrogens with two attached hydrogens (primary N) is 1. The summed E-state index contributed by atoms with van der Waals surface area (Å²) >= 11 is 0. The molecule has 0 aromatic carbocycles. The van der Waals surface area contributed by atoms with Gasteiger partial charge in [0.25, 0.3) is 0 Å². The molecule has 17 heavy (non-hydrogen) atoms. The van der Waals surface area contributed by atoms with E-state index in [1.165, 1.54) is 26.3 Å². The highest BCUT2D eigenvalue weighted by Gasteiger charge is 2.25. The molecule has 6 nitrogen and oxygen atoms in total. The van der Waals surface area contributed by atoms with Crippen LogP contribution < -0.4 is 15.2 Å². The molecular formula is C11H18N4O2. The molecule has 1 saturated carbocycles. The van der Waals surface area contributed by atoms with Crippen LogP contribution in [0.25, 0.3) is 0 Å². The highest BCUT2D eigenvalue weighted by molar-refractivity contribution is 5.55. The van der Waals surface area contributed by atoms with Gasteiger partial charge in [-0.2, -0.15) is 9.97 Å². The Bertz CT molecular complexity index is 382. The molecule has 0 amide bonds. The smallest absolute Gasteiger partial charge is 0.244 e. The third-order valence-corrected chi connectivity index (χ3v) is 2.86. The quantitative estimate of drug-likeness (QED) is 0.779. The molecule has 0 aliphatic heterocycles. The Hall–Kier alpha value is -1.56. The summed E-state index contributed by atoms with van der Waals surface area (Å²) in [5, 5.41) is 0. The average molecular weight is 238 g/mol. The molecule has 0 atom stereocenters. The van der Waals surface area contributed by atoms with Gasteiger partial charge in [0.05, 0.1) is 7.11 Å². The summed E-state index contributed by atoms with van der Waals surface area (Å²) in [6.07, 6.45) is 3.97. The highest BCUT2D eigenvalue weighted by Crippen LogP contribution is 2.27. The van der Waals surface area contributed by atoms with Crippen molar-refractivity contribution in [3.05, 3.63) is 6.33 Å². The van der Waals surface area contributed by atoms with Crippen LogP contribution in [0.5, 0.6) is 11.8 Å². The third kappa shape index (κ3) is 2.97. The molecule has 1 heterocycles. The second-order valence-electron chi connectivity index (χ2n) is 4.16. The van der Waals surface area contributed by atoms with Crippen molar-refractivity contribution in [3.8, 4) is 11.8 Å². The van der Waals surface area contributed by atoms with Crippen LogP contribution in [0.15, 0.2) is 6.33 Å². The van der Waals surface area contributed by atoms with Gasteiger partial charge >= 0.3 is 0 Å². The minimum Gasteiger partial charge on any atom is -0.479 e. The average Bonchev–Trinajstić information content (AvgIpc) is 3.15. The molecule has 1 fully saturated rings. The molecule has 0 spiro atoms. The Morgan fingerprint density at radius 1 is 1.41 bits per heavy atom. The Kier molecular flexibility index (Phi) is 3.63. The van der Waals surface area contributed by atoms with E-state index >= 15 is 0 Å². The maximum absolute atomic E-state index is 5.79. The first-order valence-electron chi connectivity index (χ1n) is 5.70. The van der Waals surface area contributed by atoms with Crippen LogP contribution >= 0.6 is 0 Å². The number of likely N-dealkylation sites (N-methyl/N-ethyl adjacent to an activating group) is 1. The molecule has 0 radical (unpaired) electrons. The first kappa shape index (κ1) is 11.9. The first-order valence-corrected chi connectivity index (χ1v) is 5.70.